The number of nitrogens with one attached hydrogen (secondary N) is 1. The van der Waals surface area contributed by atoms with Crippen LogP contribution in [-0.2, 0) is 17.8 Å². The van der Waals surface area contributed by atoms with Crippen LogP contribution in [0.1, 0.15) is 72.5 Å². The molecule has 7 nitrogen and oxygen atoms in total. The number of hydrogen-bond donors (Lipinski definition) is 1. The first-order valence-electron chi connectivity index (χ1n) is 14.2. The van der Waals surface area contributed by atoms with Gasteiger partial charge in [0.15, 0.2) is 5.69 Å². The van der Waals surface area contributed by atoms with Crippen molar-refractivity contribution in [1.82, 2.24) is 9.97 Å². The van der Waals surface area contributed by atoms with E-state index >= 15 is 0 Å². The molecule has 1 N–H and O–H groups in total. The third-order valence-corrected chi connectivity index (χ3v) is 7.18. The summed E-state index contributed by atoms with van der Waals surface area (Å²) >= 11 is 0. The maximum Gasteiger partial charge on any atom is 0.361 e. The number of ether oxygens (including phenoxy) is 2. The van der Waals surface area contributed by atoms with E-state index in [-0.39, 0.29) is 18.1 Å². The molecule has 0 unspecified atom stereocenters. The van der Waals surface area contributed by atoms with Crippen LogP contribution in [0.4, 0.5) is 5.69 Å². The van der Waals surface area contributed by atoms with Crippen LogP contribution < -0.4 is 15.2 Å². The van der Waals surface area contributed by atoms with E-state index in [1.54, 1.807) is 20.8 Å². The summed E-state index contributed by atoms with van der Waals surface area (Å²) in [4.78, 5) is 35.9. The highest BCUT2D eigenvalue weighted by molar-refractivity contribution is 5.90. The molecule has 212 valence electrons. The Balaban J connectivity index is 1.29. The molecule has 1 fully saturated rings. The van der Waals surface area contributed by atoms with Crippen molar-refractivity contribution in [3.8, 4) is 5.75 Å². The van der Waals surface area contributed by atoms with Crippen molar-refractivity contribution >= 4 is 11.7 Å². The Morgan fingerprint density at radius 2 is 1.54 bits per heavy atom. The van der Waals surface area contributed by atoms with Crippen LogP contribution in [0.2, 0.25) is 0 Å². The SMILES string of the molecule is CC(C)(C)OC(=O)c1nc(Cc2ccc(N3CCC(c4ccccc4)CC3)cc2)[nH]c(=O)c1OCc1ccccc1. The number of esters is 1. The summed E-state index contributed by atoms with van der Waals surface area (Å²) in [5.41, 5.74) is 3.08. The number of aromatic amines is 1. The van der Waals surface area contributed by atoms with Gasteiger partial charge in [-0.05, 0) is 68.4 Å². The van der Waals surface area contributed by atoms with Crippen molar-refractivity contribution in [2.75, 3.05) is 18.0 Å². The number of piperidine rings is 1. The summed E-state index contributed by atoms with van der Waals surface area (Å²) in [5, 5.41) is 0. The third-order valence-electron chi connectivity index (χ3n) is 7.18. The molecule has 1 aromatic heterocycles. The van der Waals surface area contributed by atoms with Gasteiger partial charge in [-0.3, -0.25) is 4.79 Å². The zero-order valence-electron chi connectivity index (χ0n) is 23.9. The molecule has 0 amide bonds. The second-order valence-corrected chi connectivity index (χ2v) is 11.5. The fourth-order valence-electron chi connectivity index (χ4n) is 5.14. The normalized spacial score (nSPS) is 14.1. The third kappa shape index (κ3) is 7.42. The summed E-state index contributed by atoms with van der Waals surface area (Å²) in [6, 6.07) is 28.5. The molecule has 0 aliphatic carbocycles. The highest BCUT2D eigenvalue weighted by Gasteiger charge is 2.26. The summed E-state index contributed by atoms with van der Waals surface area (Å²) in [6.45, 7) is 7.47. The molecule has 0 spiro atoms. The molecule has 0 saturated carbocycles. The topological polar surface area (TPSA) is 84.5 Å². The number of carbonyl (C=O) groups excluding carboxylic acids is 1. The first-order valence-corrected chi connectivity index (χ1v) is 14.2. The first kappa shape index (κ1) is 28.1. The molecule has 1 aliphatic heterocycles. The molecule has 0 atom stereocenters. The Kier molecular flexibility index (Phi) is 8.53. The van der Waals surface area contributed by atoms with Crippen LogP contribution in [0.3, 0.4) is 0 Å². The van der Waals surface area contributed by atoms with E-state index in [0.29, 0.717) is 18.2 Å². The molecule has 2 heterocycles. The maximum absolute atomic E-state index is 13.1. The van der Waals surface area contributed by atoms with Gasteiger partial charge in [-0.1, -0.05) is 72.8 Å². The van der Waals surface area contributed by atoms with Crippen molar-refractivity contribution in [1.29, 1.82) is 0 Å². The molecule has 4 aromatic rings. The lowest BCUT2D eigenvalue weighted by Gasteiger charge is -2.34. The van der Waals surface area contributed by atoms with Gasteiger partial charge in [0.2, 0.25) is 5.75 Å². The van der Waals surface area contributed by atoms with E-state index in [9.17, 15) is 9.59 Å². The second kappa shape index (κ2) is 12.4. The van der Waals surface area contributed by atoms with Crippen LogP contribution in [0, 0.1) is 0 Å². The highest BCUT2D eigenvalue weighted by atomic mass is 16.6. The molecule has 7 heteroatoms. The molecule has 5 rings (SSSR count). The molecule has 1 aliphatic rings. The number of H-pyrrole nitrogens is 1. The zero-order valence-corrected chi connectivity index (χ0v) is 23.9. The van der Waals surface area contributed by atoms with Gasteiger partial charge in [0.1, 0.15) is 18.0 Å². The van der Waals surface area contributed by atoms with Gasteiger partial charge >= 0.3 is 5.97 Å². The lowest BCUT2D eigenvalue weighted by Crippen LogP contribution is -2.32. The fourth-order valence-corrected chi connectivity index (χ4v) is 5.14. The van der Waals surface area contributed by atoms with Crippen LogP contribution in [0.5, 0.6) is 5.75 Å². The van der Waals surface area contributed by atoms with Crippen LogP contribution in [0.25, 0.3) is 0 Å². The van der Waals surface area contributed by atoms with Gasteiger partial charge in [-0.25, -0.2) is 9.78 Å². The standard InChI is InChI=1S/C34H37N3O4/c1-34(2,3)41-33(39)30-31(40-23-25-10-6-4-7-11-25)32(38)36-29(35-30)22-24-14-16-28(17-15-24)37-20-18-27(19-21-37)26-12-8-5-9-13-26/h4-17,27H,18-23H2,1-3H3,(H,35,36,38). The average molecular weight is 552 g/mol. The van der Waals surface area contributed by atoms with Crippen molar-refractivity contribution < 1.29 is 14.3 Å². The van der Waals surface area contributed by atoms with Gasteiger partial charge in [-0.2, -0.15) is 0 Å². The van der Waals surface area contributed by atoms with Gasteiger partial charge in [0.25, 0.3) is 5.56 Å². The van der Waals surface area contributed by atoms with Crippen LogP contribution in [0.15, 0.2) is 89.7 Å². The minimum Gasteiger partial charge on any atom is -0.481 e. The molecule has 1 saturated heterocycles. The predicted molar refractivity (Wildman–Crippen MR) is 161 cm³/mol. The Hall–Kier alpha value is -4.39. The number of hydrogen-bond acceptors (Lipinski definition) is 6. The number of nitrogens with zero attached hydrogens (tertiary/aromatic N) is 2. The quantitative estimate of drug-likeness (QED) is 0.260. The lowest BCUT2D eigenvalue weighted by molar-refractivity contribution is 0.00572. The number of rotatable bonds is 8. The summed E-state index contributed by atoms with van der Waals surface area (Å²) in [7, 11) is 0. The Morgan fingerprint density at radius 3 is 2.17 bits per heavy atom. The van der Waals surface area contributed by atoms with Gasteiger partial charge in [0, 0.05) is 25.2 Å². The van der Waals surface area contributed by atoms with Gasteiger partial charge < -0.3 is 19.4 Å². The molecule has 0 radical (unpaired) electrons. The maximum atomic E-state index is 13.1. The Morgan fingerprint density at radius 1 is 0.902 bits per heavy atom. The first-order chi connectivity index (χ1) is 19.7. The molecule has 0 bridgehead atoms. The van der Waals surface area contributed by atoms with Gasteiger partial charge in [-0.15, -0.1) is 0 Å². The number of anilines is 1. The van der Waals surface area contributed by atoms with E-state index in [4.69, 9.17) is 9.47 Å². The summed E-state index contributed by atoms with van der Waals surface area (Å²) in [5.74, 6) is 0.149. The minimum absolute atomic E-state index is 0.118. The minimum atomic E-state index is -0.746. The Labute approximate surface area is 241 Å². The van der Waals surface area contributed by atoms with E-state index in [2.05, 4.69) is 57.3 Å². The number of carbonyl (C=O) groups is 1. The van der Waals surface area contributed by atoms with Crippen LogP contribution >= 0.6 is 0 Å². The van der Waals surface area contributed by atoms with E-state index in [1.807, 2.05) is 42.5 Å². The smallest absolute Gasteiger partial charge is 0.361 e. The van der Waals surface area contributed by atoms with Crippen LogP contribution in [-0.4, -0.2) is 34.6 Å². The van der Waals surface area contributed by atoms with Crippen molar-refractivity contribution in [2.24, 2.45) is 0 Å². The van der Waals surface area contributed by atoms with Crippen molar-refractivity contribution in [3.63, 3.8) is 0 Å². The zero-order chi connectivity index (χ0) is 28.8. The van der Waals surface area contributed by atoms with E-state index in [1.165, 1.54) is 11.3 Å². The summed E-state index contributed by atoms with van der Waals surface area (Å²) < 4.78 is 11.4. The molecule has 41 heavy (non-hydrogen) atoms. The predicted octanol–water partition coefficient (Wildman–Crippen LogP) is 6.28. The molecule has 3 aromatic carbocycles. The molecular weight excluding hydrogens is 514 g/mol. The number of benzene rings is 3. The molecular formula is C34H37N3O4. The summed E-state index contributed by atoms with van der Waals surface area (Å²) in [6.07, 6.45) is 2.62. The highest BCUT2D eigenvalue weighted by Crippen LogP contribution is 2.30. The van der Waals surface area contributed by atoms with Crippen molar-refractivity contribution in [2.45, 2.75) is 58.2 Å². The van der Waals surface area contributed by atoms with E-state index in [0.717, 1.165) is 37.1 Å². The monoisotopic (exact) mass is 551 g/mol. The second-order valence-electron chi connectivity index (χ2n) is 11.5. The largest absolute Gasteiger partial charge is 0.481 e. The Bertz CT molecular complexity index is 1500. The van der Waals surface area contributed by atoms with E-state index < -0.39 is 17.1 Å². The van der Waals surface area contributed by atoms with Crippen molar-refractivity contribution in [3.05, 3.63) is 123 Å². The lowest BCUT2D eigenvalue weighted by atomic mass is 9.89. The average Bonchev–Trinajstić information content (AvgIpc) is 2.97. The number of aromatic nitrogens is 2. The van der Waals surface area contributed by atoms with Gasteiger partial charge in [0.05, 0.1) is 0 Å². The fraction of sp³-hybridized carbons (Fsp3) is 0.324.